The predicted octanol–water partition coefficient (Wildman–Crippen LogP) is 3.23. The first-order valence-electron chi connectivity index (χ1n) is 8.78. The minimum absolute atomic E-state index is 0.528. The van der Waals surface area contributed by atoms with Crippen molar-refractivity contribution in [3.8, 4) is 0 Å². The Bertz CT molecular complexity index is 585. The molecule has 4 heteroatoms. The van der Waals surface area contributed by atoms with Crippen molar-refractivity contribution in [2.75, 3.05) is 18.0 Å². The van der Waals surface area contributed by atoms with Gasteiger partial charge in [0.25, 0.3) is 0 Å². The van der Waals surface area contributed by atoms with Crippen LogP contribution < -0.4 is 10.2 Å². The van der Waals surface area contributed by atoms with Gasteiger partial charge in [0.2, 0.25) is 0 Å². The summed E-state index contributed by atoms with van der Waals surface area (Å²) < 4.78 is 2.17. The standard InChI is InChI=1S/C19H28N4/c1-3-17(14-22-12-9-20-15-22)21-18-7-10-23(11-8-18)19-6-4-5-16(2)13-19/h4-6,9,12-13,15,17-18,21H,3,7-8,10-11,14H2,1-2H3/t17-/m0/s1. The molecule has 124 valence electrons. The molecule has 1 atom stereocenters. The Morgan fingerprint density at radius 2 is 2.13 bits per heavy atom. The first-order valence-corrected chi connectivity index (χ1v) is 8.78. The molecular weight excluding hydrogens is 284 g/mol. The molecule has 0 amide bonds. The molecule has 1 aromatic heterocycles. The van der Waals surface area contributed by atoms with Crippen LogP contribution in [0.3, 0.4) is 0 Å². The van der Waals surface area contributed by atoms with Gasteiger partial charge in [0.05, 0.1) is 6.33 Å². The Kier molecular flexibility index (Phi) is 5.34. The molecule has 1 aliphatic heterocycles. The number of piperidine rings is 1. The van der Waals surface area contributed by atoms with Crippen LogP contribution in [0.5, 0.6) is 0 Å². The van der Waals surface area contributed by atoms with Gasteiger partial charge in [0, 0.05) is 49.8 Å². The second kappa shape index (κ2) is 7.64. The molecule has 1 N–H and O–H groups in total. The number of aromatic nitrogens is 2. The number of rotatable bonds is 6. The Morgan fingerprint density at radius 1 is 1.30 bits per heavy atom. The quantitative estimate of drug-likeness (QED) is 0.889. The van der Waals surface area contributed by atoms with Crippen LogP contribution in [0.4, 0.5) is 5.69 Å². The highest BCUT2D eigenvalue weighted by atomic mass is 15.2. The van der Waals surface area contributed by atoms with Gasteiger partial charge in [-0.2, -0.15) is 0 Å². The number of benzene rings is 1. The molecule has 3 rings (SSSR count). The summed E-state index contributed by atoms with van der Waals surface area (Å²) in [5, 5.41) is 3.85. The van der Waals surface area contributed by atoms with Crippen molar-refractivity contribution in [1.29, 1.82) is 0 Å². The van der Waals surface area contributed by atoms with E-state index >= 15 is 0 Å². The fourth-order valence-corrected chi connectivity index (χ4v) is 3.41. The Balaban J connectivity index is 1.50. The van der Waals surface area contributed by atoms with E-state index in [2.05, 4.69) is 57.9 Å². The third-order valence-electron chi connectivity index (χ3n) is 4.82. The van der Waals surface area contributed by atoms with Gasteiger partial charge in [-0.15, -0.1) is 0 Å². The molecule has 1 fully saturated rings. The van der Waals surface area contributed by atoms with Crippen molar-refractivity contribution < 1.29 is 0 Å². The first kappa shape index (κ1) is 16.1. The first-order chi connectivity index (χ1) is 11.2. The van der Waals surface area contributed by atoms with E-state index in [0.29, 0.717) is 12.1 Å². The summed E-state index contributed by atoms with van der Waals surface area (Å²) in [6.45, 7) is 7.72. The fraction of sp³-hybridized carbons (Fsp3) is 0.526. The number of nitrogens with one attached hydrogen (secondary N) is 1. The molecule has 0 unspecified atom stereocenters. The van der Waals surface area contributed by atoms with E-state index in [9.17, 15) is 0 Å². The second-order valence-corrected chi connectivity index (χ2v) is 6.63. The molecule has 2 aromatic rings. The van der Waals surface area contributed by atoms with Crippen molar-refractivity contribution in [2.45, 2.75) is 51.7 Å². The van der Waals surface area contributed by atoms with Crippen molar-refractivity contribution in [2.24, 2.45) is 0 Å². The predicted molar refractivity (Wildman–Crippen MR) is 95.9 cm³/mol. The highest BCUT2D eigenvalue weighted by Gasteiger charge is 2.21. The van der Waals surface area contributed by atoms with Crippen LogP contribution >= 0.6 is 0 Å². The number of aryl methyl sites for hydroxylation is 1. The molecule has 1 aliphatic rings. The van der Waals surface area contributed by atoms with Gasteiger partial charge in [-0.05, 0) is 43.9 Å². The molecule has 0 spiro atoms. The number of anilines is 1. The average Bonchev–Trinajstić information content (AvgIpc) is 3.08. The van der Waals surface area contributed by atoms with Gasteiger partial charge in [-0.25, -0.2) is 4.98 Å². The lowest BCUT2D eigenvalue weighted by molar-refractivity contribution is 0.336. The molecule has 0 bridgehead atoms. The van der Waals surface area contributed by atoms with Crippen LogP contribution in [0, 0.1) is 6.92 Å². The van der Waals surface area contributed by atoms with E-state index in [1.54, 1.807) is 0 Å². The largest absolute Gasteiger partial charge is 0.371 e. The zero-order valence-electron chi connectivity index (χ0n) is 14.3. The van der Waals surface area contributed by atoms with E-state index in [-0.39, 0.29) is 0 Å². The smallest absolute Gasteiger partial charge is 0.0946 e. The van der Waals surface area contributed by atoms with Gasteiger partial charge in [0.15, 0.2) is 0 Å². The van der Waals surface area contributed by atoms with Gasteiger partial charge < -0.3 is 14.8 Å². The van der Waals surface area contributed by atoms with Crippen molar-refractivity contribution >= 4 is 5.69 Å². The summed E-state index contributed by atoms with van der Waals surface area (Å²) in [4.78, 5) is 6.65. The summed E-state index contributed by atoms with van der Waals surface area (Å²) in [7, 11) is 0. The molecular formula is C19H28N4. The van der Waals surface area contributed by atoms with E-state index in [4.69, 9.17) is 0 Å². The zero-order valence-corrected chi connectivity index (χ0v) is 14.3. The molecule has 1 aromatic carbocycles. The lowest BCUT2D eigenvalue weighted by Gasteiger charge is -2.36. The molecule has 4 nitrogen and oxygen atoms in total. The number of imidazole rings is 1. The van der Waals surface area contributed by atoms with Crippen molar-refractivity contribution in [1.82, 2.24) is 14.9 Å². The zero-order chi connectivity index (χ0) is 16.1. The third-order valence-corrected chi connectivity index (χ3v) is 4.82. The van der Waals surface area contributed by atoms with E-state index in [1.165, 1.54) is 24.1 Å². The topological polar surface area (TPSA) is 33.1 Å². The van der Waals surface area contributed by atoms with Gasteiger partial charge in [-0.1, -0.05) is 19.1 Å². The maximum Gasteiger partial charge on any atom is 0.0946 e. The summed E-state index contributed by atoms with van der Waals surface area (Å²) in [5.74, 6) is 0. The lowest BCUT2D eigenvalue weighted by atomic mass is 10.0. The van der Waals surface area contributed by atoms with Crippen molar-refractivity contribution in [3.05, 3.63) is 48.5 Å². The molecule has 0 aliphatic carbocycles. The Morgan fingerprint density at radius 3 is 2.78 bits per heavy atom. The number of hydrogen-bond acceptors (Lipinski definition) is 3. The molecule has 0 saturated carbocycles. The van der Waals surface area contributed by atoms with Crippen LogP contribution in [0.1, 0.15) is 31.7 Å². The fourth-order valence-electron chi connectivity index (χ4n) is 3.41. The van der Waals surface area contributed by atoms with Crippen molar-refractivity contribution in [3.63, 3.8) is 0 Å². The maximum atomic E-state index is 4.14. The Hall–Kier alpha value is -1.81. The van der Waals surface area contributed by atoms with Gasteiger partial charge in [-0.3, -0.25) is 0 Å². The highest BCUT2D eigenvalue weighted by molar-refractivity contribution is 5.48. The van der Waals surface area contributed by atoms with Gasteiger partial charge >= 0.3 is 0 Å². The summed E-state index contributed by atoms with van der Waals surface area (Å²) in [6.07, 6.45) is 9.39. The molecule has 1 saturated heterocycles. The average molecular weight is 312 g/mol. The maximum absolute atomic E-state index is 4.14. The van der Waals surface area contributed by atoms with Crippen LogP contribution in [0.2, 0.25) is 0 Å². The van der Waals surface area contributed by atoms with Gasteiger partial charge in [0.1, 0.15) is 0 Å². The molecule has 23 heavy (non-hydrogen) atoms. The van der Waals surface area contributed by atoms with E-state index in [0.717, 1.165) is 26.1 Å². The number of nitrogens with zero attached hydrogens (tertiary/aromatic N) is 3. The third kappa shape index (κ3) is 4.35. The summed E-state index contributed by atoms with van der Waals surface area (Å²) >= 11 is 0. The molecule has 0 radical (unpaired) electrons. The lowest BCUT2D eigenvalue weighted by Crippen LogP contribution is -2.47. The monoisotopic (exact) mass is 312 g/mol. The highest BCUT2D eigenvalue weighted by Crippen LogP contribution is 2.21. The SMILES string of the molecule is CC[C@@H](Cn1ccnc1)NC1CCN(c2cccc(C)c2)CC1. The van der Waals surface area contributed by atoms with Crippen LogP contribution in [0.25, 0.3) is 0 Å². The number of hydrogen-bond donors (Lipinski definition) is 1. The summed E-state index contributed by atoms with van der Waals surface area (Å²) in [6, 6.07) is 10.0. The van der Waals surface area contributed by atoms with E-state index < -0.39 is 0 Å². The van der Waals surface area contributed by atoms with Crippen LogP contribution in [-0.4, -0.2) is 34.7 Å². The van der Waals surface area contributed by atoms with Crippen LogP contribution in [0.15, 0.2) is 43.0 Å². The van der Waals surface area contributed by atoms with Crippen LogP contribution in [-0.2, 0) is 6.54 Å². The second-order valence-electron chi connectivity index (χ2n) is 6.63. The molecule has 2 heterocycles. The summed E-state index contributed by atoms with van der Waals surface area (Å²) in [5.41, 5.74) is 2.71. The minimum atomic E-state index is 0.528. The Labute approximate surface area is 139 Å². The van der Waals surface area contributed by atoms with E-state index in [1.807, 2.05) is 18.7 Å². The normalized spacial score (nSPS) is 17.4. The minimum Gasteiger partial charge on any atom is -0.371 e.